The van der Waals surface area contributed by atoms with Crippen LogP contribution in [0.15, 0.2) is 0 Å². The van der Waals surface area contributed by atoms with E-state index in [1.165, 1.54) is 4.90 Å². The number of carboxylic acid groups (broad SMARTS) is 1. The number of hydrogen-bond acceptors (Lipinski definition) is 4. The van der Waals surface area contributed by atoms with Crippen LogP contribution in [0, 0.1) is 0 Å². The van der Waals surface area contributed by atoms with E-state index >= 15 is 0 Å². The van der Waals surface area contributed by atoms with Crippen LogP contribution in [0.25, 0.3) is 0 Å². The Morgan fingerprint density at radius 3 is 2.50 bits per heavy atom. The normalized spacial score (nSPS) is 24.9. The van der Waals surface area contributed by atoms with Gasteiger partial charge < -0.3 is 15.3 Å². The molecule has 0 aromatic heterocycles. The molecule has 1 saturated heterocycles. The standard InChI is InChI=1S/C12H20N2O5S/c15-11(16)5-6-14(10-3-4-10)12(17)13-9-2-1-7-20(18,19)8-9/h9-10H,1-8H2,(H,13,17)(H,15,16). The van der Waals surface area contributed by atoms with E-state index in [-0.39, 0.29) is 42.6 Å². The van der Waals surface area contributed by atoms with E-state index in [0.717, 1.165) is 12.8 Å². The van der Waals surface area contributed by atoms with E-state index in [9.17, 15) is 18.0 Å². The van der Waals surface area contributed by atoms with Gasteiger partial charge in [0.2, 0.25) is 0 Å². The quantitative estimate of drug-likeness (QED) is 0.756. The molecular formula is C12H20N2O5S. The van der Waals surface area contributed by atoms with Crippen molar-refractivity contribution in [2.75, 3.05) is 18.1 Å². The second kappa shape index (κ2) is 5.99. The lowest BCUT2D eigenvalue weighted by atomic mass is 10.2. The summed E-state index contributed by atoms with van der Waals surface area (Å²) in [6.07, 6.45) is 2.90. The molecule has 1 aliphatic heterocycles. The van der Waals surface area contributed by atoms with Crippen molar-refractivity contribution in [3.8, 4) is 0 Å². The second-order valence-electron chi connectivity index (χ2n) is 5.47. The molecule has 1 heterocycles. The first-order valence-electron chi connectivity index (χ1n) is 6.87. The minimum atomic E-state index is -3.06. The minimum Gasteiger partial charge on any atom is -0.481 e. The van der Waals surface area contributed by atoms with Crippen LogP contribution in [-0.2, 0) is 14.6 Å². The van der Waals surface area contributed by atoms with E-state index in [4.69, 9.17) is 5.11 Å². The first-order chi connectivity index (χ1) is 9.37. The number of carboxylic acids is 1. The first kappa shape index (κ1) is 15.1. The highest BCUT2D eigenvalue weighted by atomic mass is 32.2. The third-order valence-corrected chi connectivity index (χ3v) is 5.43. The van der Waals surface area contributed by atoms with Gasteiger partial charge in [-0.25, -0.2) is 13.2 Å². The molecule has 0 aromatic carbocycles. The number of nitrogens with zero attached hydrogens (tertiary/aromatic N) is 1. The molecule has 2 fully saturated rings. The van der Waals surface area contributed by atoms with E-state index in [1.54, 1.807) is 0 Å². The molecule has 8 heteroatoms. The molecule has 2 amide bonds. The van der Waals surface area contributed by atoms with Crippen molar-refractivity contribution in [1.29, 1.82) is 0 Å². The number of hydrogen-bond donors (Lipinski definition) is 2. The van der Waals surface area contributed by atoms with Gasteiger partial charge in [-0.05, 0) is 25.7 Å². The van der Waals surface area contributed by atoms with Crippen molar-refractivity contribution in [2.45, 2.75) is 44.2 Å². The van der Waals surface area contributed by atoms with Gasteiger partial charge in [0.1, 0.15) is 0 Å². The van der Waals surface area contributed by atoms with Crippen molar-refractivity contribution in [3.05, 3.63) is 0 Å². The molecule has 1 saturated carbocycles. The van der Waals surface area contributed by atoms with E-state index in [0.29, 0.717) is 12.8 Å². The molecule has 1 aliphatic carbocycles. The Hall–Kier alpha value is -1.31. The van der Waals surface area contributed by atoms with Gasteiger partial charge in [-0.2, -0.15) is 0 Å². The van der Waals surface area contributed by atoms with Crippen molar-refractivity contribution >= 4 is 21.8 Å². The van der Waals surface area contributed by atoms with Crippen molar-refractivity contribution in [1.82, 2.24) is 10.2 Å². The van der Waals surface area contributed by atoms with Crippen LogP contribution >= 0.6 is 0 Å². The molecule has 20 heavy (non-hydrogen) atoms. The van der Waals surface area contributed by atoms with E-state index in [2.05, 4.69) is 5.32 Å². The highest BCUT2D eigenvalue weighted by Gasteiger charge is 2.34. The number of sulfone groups is 1. The summed E-state index contributed by atoms with van der Waals surface area (Å²) >= 11 is 0. The molecule has 0 bridgehead atoms. The Balaban J connectivity index is 1.89. The summed E-state index contributed by atoms with van der Waals surface area (Å²) in [5.74, 6) is -0.773. The van der Waals surface area contributed by atoms with Crippen LogP contribution in [-0.4, -0.2) is 60.6 Å². The van der Waals surface area contributed by atoms with Gasteiger partial charge in [-0.3, -0.25) is 4.79 Å². The lowest BCUT2D eigenvalue weighted by molar-refractivity contribution is -0.137. The van der Waals surface area contributed by atoms with Crippen LogP contribution in [0.1, 0.15) is 32.1 Å². The predicted octanol–water partition coefficient (Wildman–Crippen LogP) is 0.212. The highest BCUT2D eigenvalue weighted by molar-refractivity contribution is 7.91. The van der Waals surface area contributed by atoms with Gasteiger partial charge in [-0.15, -0.1) is 0 Å². The molecule has 1 atom stereocenters. The lowest BCUT2D eigenvalue weighted by Crippen LogP contribution is -2.50. The van der Waals surface area contributed by atoms with Gasteiger partial charge in [0, 0.05) is 18.6 Å². The summed E-state index contributed by atoms with van der Waals surface area (Å²) in [7, 11) is -3.06. The Bertz CT molecular complexity index is 486. The van der Waals surface area contributed by atoms with E-state index in [1.807, 2.05) is 0 Å². The third-order valence-electron chi connectivity index (χ3n) is 3.61. The van der Waals surface area contributed by atoms with Crippen LogP contribution in [0.2, 0.25) is 0 Å². The third kappa shape index (κ3) is 4.36. The monoisotopic (exact) mass is 304 g/mol. The SMILES string of the molecule is O=C(O)CCN(C(=O)NC1CCCS(=O)(=O)C1)C1CC1. The average Bonchev–Trinajstić information content (AvgIpc) is 3.11. The number of carbonyl (C=O) groups excluding carboxylic acids is 1. The zero-order valence-corrected chi connectivity index (χ0v) is 12.1. The second-order valence-corrected chi connectivity index (χ2v) is 7.70. The zero-order chi connectivity index (χ0) is 14.8. The number of rotatable bonds is 5. The fourth-order valence-corrected chi connectivity index (χ4v) is 4.08. The topological polar surface area (TPSA) is 104 Å². The van der Waals surface area contributed by atoms with Gasteiger partial charge in [0.05, 0.1) is 17.9 Å². The summed E-state index contributed by atoms with van der Waals surface area (Å²) in [4.78, 5) is 24.3. The number of nitrogens with one attached hydrogen (secondary N) is 1. The summed E-state index contributed by atoms with van der Waals surface area (Å²) in [5.41, 5.74) is 0. The Morgan fingerprint density at radius 2 is 1.95 bits per heavy atom. The number of carbonyl (C=O) groups is 2. The highest BCUT2D eigenvalue weighted by Crippen LogP contribution is 2.27. The minimum absolute atomic E-state index is 0.0177. The molecule has 7 nitrogen and oxygen atoms in total. The van der Waals surface area contributed by atoms with Gasteiger partial charge >= 0.3 is 12.0 Å². The molecular weight excluding hydrogens is 284 g/mol. The average molecular weight is 304 g/mol. The van der Waals surface area contributed by atoms with Gasteiger partial charge in [0.25, 0.3) is 0 Å². The fourth-order valence-electron chi connectivity index (χ4n) is 2.45. The molecule has 0 radical (unpaired) electrons. The van der Waals surface area contributed by atoms with Crippen molar-refractivity contribution in [3.63, 3.8) is 0 Å². The molecule has 0 spiro atoms. The predicted molar refractivity (Wildman–Crippen MR) is 72.2 cm³/mol. The largest absolute Gasteiger partial charge is 0.481 e. The zero-order valence-electron chi connectivity index (χ0n) is 11.2. The van der Waals surface area contributed by atoms with Crippen LogP contribution in [0.5, 0.6) is 0 Å². The molecule has 2 rings (SSSR count). The maximum Gasteiger partial charge on any atom is 0.317 e. The number of urea groups is 1. The van der Waals surface area contributed by atoms with Gasteiger partial charge in [-0.1, -0.05) is 0 Å². The maximum absolute atomic E-state index is 12.1. The van der Waals surface area contributed by atoms with Crippen molar-refractivity contribution < 1.29 is 23.1 Å². The number of amides is 2. The van der Waals surface area contributed by atoms with Crippen LogP contribution in [0.4, 0.5) is 4.79 Å². The van der Waals surface area contributed by atoms with Gasteiger partial charge in [0.15, 0.2) is 9.84 Å². The smallest absolute Gasteiger partial charge is 0.317 e. The van der Waals surface area contributed by atoms with Crippen molar-refractivity contribution in [2.24, 2.45) is 0 Å². The molecule has 2 N–H and O–H groups in total. The summed E-state index contributed by atoms with van der Waals surface area (Å²) in [5, 5.41) is 11.4. The summed E-state index contributed by atoms with van der Waals surface area (Å²) < 4.78 is 23.1. The van der Waals surface area contributed by atoms with E-state index < -0.39 is 15.8 Å². The lowest BCUT2D eigenvalue weighted by Gasteiger charge is -2.28. The molecule has 0 aromatic rings. The summed E-state index contributed by atoms with van der Waals surface area (Å²) in [6.45, 7) is 0.172. The number of aliphatic carboxylic acids is 1. The Labute approximate surface area is 118 Å². The molecule has 114 valence electrons. The van der Waals surface area contributed by atoms with Crippen LogP contribution < -0.4 is 5.32 Å². The molecule has 1 unspecified atom stereocenters. The first-order valence-corrected chi connectivity index (χ1v) is 8.69. The Kier molecular flexibility index (Phi) is 4.52. The Morgan fingerprint density at radius 1 is 1.25 bits per heavy atom. The summed E-state index contributed by atoms with van der Waals surface area (Å²) in [6, 6.07) is -0.585. The van der Waals surface area contributed by atoms with Crippen LogP contribution in [0.3, 0.4) is 0 Å². The molecule has 2 aliphatic rings. The fraction of sp³-hybridized carbons (Fsp3) is 0.833. The maximum atomic E-state index is 12.1.